The second-order valence-electron chi connectivity index (χ2n) is 8.26. The van der Waals surface area contributed by atoms with Crippen molar-refractivity contribution in [3.05, 3.63) is 89.5 Å². The number of nitrogens with one attached hydrogen (secondary N) is 1. The van der Waals surface area contributed by atoms with Crippen LogP contribution in [-0.4, -0.2) is 40.1 Å². The van der Waals surface area contributed by atoms with Gasteiger partial charge in [0.1, 0.15) is 5.75 Å². The van der Waals surface area contributed by atoms with Crippen molar-refractivity contribution in [2.24, 2.45) is 0 Å². The summed E-state index contributed by atoms with van der Waals surface area (Å²) in [6.07, 6.45) is -0.982. The van der Waals surface area contributed by atoms with E-state index in [0.717, 1.165) is 16.7 Å². The summed E-state index contributed by atoms with van der Waals surface area (Å²) in [4.78, 5) is 13.0. The predicted molar refractivity (Wildman–Crippen MR) is 130 cm³/mol. The van der Waals surface area contributed by atoms with Gasteiger partial charge in [0.05, 0.1) is 30.3 Å². The summed E-state index contributed by atoms with van der Waals surface area (Å²) in [7, 11) is -3.89. The fraction of sp³-hybridized carbons (Fsp3) is 0.269. The number of benzene rings is 3. The van der Waals surface area contributed by atoms with Crippen LogP contribution in [0.5, 0.6) is 5.75 Å². The van der Waals surface area contributed by atoms with Crippen LogP contribution in [0.1, 0.15) is 16.7 Å². The Morgan fingerprint density at radius 1 is 1.03 bits per heavy atom. The summed E-state index contributed by atoms with van der Waals surface area (Å²) in [5.41, 5.74) is 3.33. The third-order valence-corrected chi connectivity index (χ3v) is 7.34. The van der Waals surface area contributed by atoms with Crippen LogP contribution in [0.25, 0.3) is 0 Å². The summed E-state index contributed by atoms with van der Waals surface area (Å²) < 4.78 is 39.8. The van der Waals surface area contributed by atoms with Gasteiger partial charge >= 0.3 is 0 Å². The van der Waals surface area contributed by atoms with E-state index < -0.39 is 22.0 Å². The Morgan fingerprint density at radius 3 is 2.47 bits per heavy atom. The molecule has 1 aliphatic rings. The van der Waals surface area contributed by atoms with E-state index in [1.165, 1.54) is 4.31 Å². The molecule has 0 bridgehead atoms. The van der Waals surface area contributed by atoms with Crippen molar-refractivity contribution in [1.29, 1.82) is 0 Å². The molecule has 1 N–H and O–H groups in total. The van der Waals surface area contributed by atoms with Gasteiger partial charge in [-0.2, -0.15) is 0 Å². The molecule has 0 fully saturated rings. The van der Waals surface area contributed by atoms with Crippen molar-refractivity contribution in [2.45, 2.75) is 31.5 Å². The molecule has 0 aromatic heterocycles. The van der Waals surface area contributed by atoms with E-state index in [-0.39, 0.29) is 18.0 Å². The maximum atomic E-state index is 13.5. The molecule has 34 heavy (non-hydrogen) atoms. The number of carbonyl (C=O) groups excluding carboxylic acids is 1. The van der Waals surface area contributed by atoms with Crippen LogP contribution in [0, 0.1) is 13.8 Å². The first-order valence-electron chi connectivity index (χ1n) is 11.1. The zero-order valence-corrected chi connectivity index (χ0v) is 20.0. The SMILES string of the molecule is Cc1ccc(S(=O)(=O)N2CC(C(=O)NCCOCc3ccccc3)Oc3ccc(C)cc32)cc1. The lowest BCUT2D eigenvalue weighted by molar-refractivity contribution is -0.128. The molecule has 1 atom stereocenters. The Balaban J connectivity index is 1.45. The number of rotatable bonds is 8. The normalized spacial score (nSPS) is 15.4. The highest BCUT2D eigenvalue weighted by molar-refractivity contribution is 7.92. The van der Waals surface area contributed by atoms with Gasteiger partial charge < -0.3 is 14.8 Å². The van der Waals surface area contributed by atoms with Gasteiger partial charge in [-0.25, -0.2) is 8.42 Å². The standard InChI is InChI=1S/C26H28N2O5S/c1-19-8-11-22(12-9-19)34(30,31)28-17-25(33-24-13-10-20(2)16-23(24)28)26(29)27-14-15-32-18-21-6-4-3-5-7-21/h3-13,16,25H,14-15,17-18H2,1-2H3,(H,27,29). The van der Waals surface area contributed by atoms with Crippen molar-refractivity contribution < 1.29 is 22.7 Å². The lowest BCUT2D eigenvalue weighted by Gasteiger charge is -2.35. The van der Waals surface area contributed by atoms with Crippen molar-refractivity contribution in [3.8, 4) is 5.75 Å². The van der Waals surface area contributed by atoms with Gasteiger partial charge in [0.15, 0.2) is 6.10 Å². The van der Waals surface area contributed by atoms with E-state index in [2.05, 4.69) is 5.32 Å². The minimum absolute atomic E-state index is 0.122. The van der Waals surface area contributed by atoms with Crippen molar-refractivity contribution >= 4 is 21.6 Å². The number of sulfonamides is 1. The highest BCUT2D eigenvalue weighted by Gasteiger charge is 2.37. The average Bonchev–Trinajstić information content (AvgIpc) is 2.84. The van der Waals surface area contributed by atoms with Gasteiger partial charge in [-0.3, -0.25) is 9.10 Å². The Labute approximate surface area is 200 Å². The quantitative estimate of drug-likeness (QED) is 0.498. The lowest BCUT2D eigenvalue weighted by atomic mass is 10.1. The van der Waals surface area contributed by atoms with Crippen LogP contribution < -0.4 is 14.4 Å². The fourth-order valence-corrected chi connectivity index (χ4v) is 5.16. The summed E-state index contributed by atoms with van der Waals surface area (Å²) in [6, 6.07) is 21.7. The third kappa shape index (κ3) is 5.40. The van der Waals surface area contributed by atoms with Gasteiger partial charge in [0.2, 0.25) is 0 Å². The largest absolute Gasteiger partial charge is 0.476 e. The number of carbonyl (C=O) groups is 1. The molecule has 0 spiro atoms. The minimum Gasteiger partial charge on any atom is -0.476 e. The van der Waals surface area contributed by atoms with E-state index >= 15 is 0 Å². The van der Waals surface area contributed by atoms with E-state index in [4.69, 9.17) is 9.47 Å². The number of ether oxygens (including phenoxy) is 2. The molecule has 178 valence electrons. The Morgan fingerprint density at radius 2 is 1.74 bits per heavy atom. The number of aryl methyl sites for hydroxylation is 2. The number of anilines is 1. The lowest BCUT2D eigenvalue weighted by Crippen LogP contribution is -2.51. The molecular formula is C26H28N2O5S. The molecule has 1 amide bonds. The first kappa shape index (κ1) is 23.8. The maximum Gasteiger partial charge on any atom is 0.264 e. The van der Waals surface area contributed by atoms with Crippen molar-refractivity contribution in [1.82, 2.24) is 5.32 Å². The topological polar surface area (TPSA) is 84.9 Å². The van der Waals surface area contributed by atoms with Gasteiger partial charge in [-0.15, -0.1) is 0 Å². The third-order valence-electron chi connectivity index (χ3n) is 5.54. The summed E-state index contributed by atoms with van der Waals surface area (Å²) in [6.45, 7) is 4.72. The zero-order chi connectivity index (χ0) is 24.1. The van der Waals surface area contributed by atoms with Crippen LogP contribution in [0.15, 0.2) is 77.7 Å². The maximum absolute atomic E-state index is 13.5. The summed E-state index contributed by atoms with van der Waals surface area (Å²) >= 11 is 0. The molecule has 0 saturated carbocycles. The molecule has 3 aromatic carbocycles. The van der Waals surface area contributed by atoms with Crippen molar-refractivity contribution in [2.75, 3.05) is 24.0 Å². The second kappa shape index (κ2) is 10.3. The van der Waals surface area contributed by atoms with Crippen LogP contribution >= 0.6 is 0 Å². The Bertz CT molecular complexity index is 1240. The highest BCUT2D eigenvalue weighted by Crippen LogP contribution is 2.37. The predicted octanol–water partition coefficient (Wildman–Crippen LogP) is 3.59. The van der Waals surface area contributed by atoms with Gasteiger partial charge in [0.25, 0.3) is 15.9 Å². The molecule has 0 aliphatic carbocycles. The van der Waals surface area contributed by atoms with E-state index in [1.807, 2.05) is 50.2 Å². The molecule has 1 aliphatic heterocycles. The van der Waals surface area contributed by atoms with Crippen molar-refractivity contribution in [3.63, 3.8) is 0 Å². The number of nitrogens with zero attached hydrogens (tertiary/aromatic N) is 1. The summed E-state index contributed by atoms with van der Waals surface area (Å²) in [5, 5.41) is 2.79. The Kier molecular flexibility index (Phi) is 7.19. The summed E-state index contributed by atoms with van der Waals surface area (Å²) in [5.74, 6) is -0.0355. The molecule has 1 unspecified atom stereocenters. The van der Waals surface area contributed by atoms with Gasteiger partial charge in [-0.05, 0) is 49.2 Å². The molecular weight excluding hydrogens is 452 g/mol. The van der Waals surface area contributed by atoms with Crippen LogP contribution in [0.2, 0.25) is 0 Å². The number of fused-ring (bicyclic) bond motifs is 1. The van der Waals surface area contributed by atoms with E-state index in [1.54, 1.807) is 36.4 Å². The van der Waals surface area contributed by atoms with Gasteiger partial charge in [-0.1, -0.05) is 54.1 Å². The van der Waals surface area contributed by atoms with Crippen LogP contribution in [0.3, 0.4) is 0 Å². The molecule has 4 rings (SSSR count). The number of hydrogen-bond acceptors (Lipinski definition) is 5. The molecule has 1 heterocycles. The number of hydrogen-bond donors (Lipinski definition) is 1. The number of amides is 1. The molecule has 0 saturated heterocycles. The average molecular weight is 481 g/mol. The highest BCUT2D eigenvalue weighted by atomic mass is 32.2. The fourth-order valence-electron chi connectivity index (χ4n) is 3.69. The molecule has 0 radical (unpaired) electrons. The molecule has 7 nitrogen and oxygen atoms in total. The minimum atomic E-state index is -3.89. The van der Waals surface area contributed by atoms with Crippen LogP contribution in [-0.2, 0) is 26.2 Å². The molecule has 8 heteroatoms. The van der Waals surface area contributed by atoms with Gasteiger partial charge in [0, 0.05) is 6.54 Å². The zero-order valence-electron chi connectivity index (χ0n) is 19.2. The Hall–Kier alpha value is -3.36. The van der Waals surface area contributed by atoms with Crippen LogP contribution in [0.4, 0.5) is 5.69 Å². The first-order chi connectivity index (χ1) is 16.3. The van der Waals surface area contributed by atoms with E-state index in [0.29, 0.717) is 24.7 Å². The monoisotopic (exact) mass is 480 g/mol. The van der Waals surface area contributed by atoms with E-state index in [9.17, 15) is 13.2 Å². The smallest absolute Gasteiger partial charge is 0.264 e. The first-order valence-corrected chi connectivity index (χ1v) is 12.5. The molecule has 3 aromatic rings. The second-order valence-corrected chi connectivity index (χ2v) is 10.1.